The van der Waals surface area contributed by atoms with Crippen molar-refractivity contribution in [1.82, 2.24) is 5.32 Å². The van der Waals surface area contributed by atoms with Crippen LogP contribution in [-0.2, 0) is 6.42 Å². The van der Waals surface area contributed by atoms with Crippen LogP contribution >= 0.6 is 23.7 Å². The standard InChI is InChI=1S/C10H16N2OS.ClH/c1-2-8-4-7-14-9(8)10(13)12-6-3-5-11;/h4,7H,2-3,5-6,11H2,1H3,(H,12,13);1H. The van der Waals surface area contributed by atoms with E-state index in [9.17, 15) is 4.79 Å². The summed E-state index contributed by atoms with van der Waals surface area (Å²) < 4.78 is 0. The zero-order valence-corrected chi connectivity index (χ0v) is 10.4. The Hall–Kier alpha value is -0.580. The van der Waals surface area contributed by atoms with E-state index in [4.69, 9.17) is 5.73 Å². The molecule has 0 aliphatic heterocycles. The first kappa shape index (κ1) is 14.4. The lowest BCUT2D eigenvalue weighted by atomic mass is 10.2. The van der Waals surface area contributed by atoms with Crippen molar-refractivity contribution in [3.05, 3.63) is 21.9 Å². The average Bonchev–Trinajstić information content (AvgIpc) is 2.65. The van der Waals surface area contributed by atoms with Crippen molar-refractivity contribution in [2.24, 2.45) is 5.73 Å². The summed E-state index contributed by atoms with van der Waals surface area (Å²) >= 11 is 1.50. The Kier molecular flexibility index (Phi) is 7.38. The number of hydrogen-bond donors (Lipinski definition) is 2. The van der Waals surface area contributed by atoms with Crippen molar-refractivity contribution in [3.8, 4) is 0 Å². The van der Waals surface area contributed by atoms with Gasteiger partial charge < -0.3 is 11.1 Å². The van der Waals surface area contributed by atoms with Gasteiger partial charge in [0.2, 0.25) is 0 Å². The summed E-state index contributed by atoms with van der Waals surface area (Å²) in [4.78, 5) is 12.5. The van der Waals surface area contributed by atoms with Crippen molar-refractivity contribution in [2.75, 3.05) is 13.1 Å². The zero-order chi connectivity index (χ0) is 10.4. The molecule has 1 aromatic rings. The first-order chi connectivity index (χ1) is 6.79. The number of amides is 1. The summed E-state index contributed by atoms with van der Waals surface area (Å²) in [5, 5.41) is 4.81. The Balaban J connectivity index is 0.00000196. The zero-order valence-electron chi connectivity index (χ0n) is 8.79. The SMILES string of the molecule is CCc1ccsc1C(=O)NCCCN.Cl. The van der Waals surface area contributed by atoms with Crippen LogP contribution in [0.3, 0.4) is 0 Å². The fourth-order valence-corrected chi connectivity index (χ4v) is 2.11. The molecule has 0 saturated heterocycles. The molecule has 86 valence electrons. The fraction of sp³-hybridized carbons (Fsp3) is 0.500. The van der Waals surface area contributed by atoms with Crippen molar-refractivity contribution >= 4 is 29.7 Å². The first-order valence-corrected chi connectivity index (χ1v) is 5.72. The van der Waals surface area contributed by atoms with Gasteiger partial charge in [0, 0.05) is 6.54 Å². The molecular weight excluding hydrogens is 232 g/mol. The highest BCUT2D eigenvalue weighted by atomic mass is 35.5. The second kappa shape index (κ2) is 7.68. The number of nitrogens with one attached hydrogen (secondary N) is 1. The maximum absolute atomic E-state index is 11.6. The van der Waals surface area contributed by atoms with Crippen LogP contribution in [0.1, 0.15) is 28.6 Å². The molecule has 1 rings (SSSR count). The molecule has 0 spiro atoms. The van der Waals surface area contributed by atoms with Crippen molar-refractivity contribution in [2.45, 2.75) is 19.8 Å². The normalized spacial score (nSPS) is 9.47. The lowest BCUT2D eigenvalue weighted by molar-refractivity contribution is 0.0957. The van der Waals surface area contributed by atoms with Gasteiger partial charge in [0.25, 0.3) is 5.91 Å². The maximum atomic E-state index is 11.6. The third-order valence-corrected chi connectivity index (χ3v) is 2.96. The summed E-state index contributed by atoms with van der Waals surface area (Å²) in [7, 11) is 0. The van der Waals surface area contributed by atoms with Crippen molar-refractivity contribution < 1.29 is 4.79 Å². The number of nitrogens with two attached hydrogens (primary N) is 1. The minimum atomic E-state index is 0. The number of thiophene rings is 1. The highest BCUT2D eigenvalue weighted by Crippen LogP contribution is 2.16. The van der Waals surface area contributed by atoms with Crippen LogP contribution in [0.25, 0.3) is 0 Å². The Bertz CT molecular complexity index is 301. The Morgan fingerprint density at radius 3 is 2.93 bits per heavy atom. The van der Waals surface area contributed by atoms with Gasteiger partial charge in [0.15, 0.2) is 0 Å². The second-order valence-corrected chi connectivity index (χ2v) is 3.94. The van der Waals surface area contributed by atoms with E-state index in [0.717, 1.165) is 23.3 Å². The number of aryl methyl sites for hydroxylation is 1. The van der Waals surface area contributed by atoms with Gasteiger partial charge in [-0.1, -0.05) is 6.92 Å². The molecular formula is C10H17ClN2OS. The molecule has 0 bridgehead atoms. The fourth-order valence-electron chi connectivity index (χ4n) is 1.20. The van der Waals surface area contributed by atoms with Gasteiger partial charge in [0.05, 0.1) is 4.88 Å². The first-order valence-electron chi connectivity index (χ1n) is 4.84. The molecule has 3 nitrogen and oxygen atoms in total. The van der Waals surface area contributed by atoms with Crippen LogP contribution in [0.4, 0.5) is 0 Å². The predicted molar refractivity (Wildman–Crippen MR) is 66.9 cm³/mol. The van der Waals surface area contributed by atoms with E-state index < -0.39 is 0 Å². The molecule has 0 radical (unpaired) electrons. The van der Waals surface area contributed by atoms with E-state index in [1.807, 2.05) is 11.4 Å². The van der Waals surface area contributed by atoms with E-state index >= 15 is 0 Å². The molecule has 3 N–H and O–H groups in total. The van der Waals surface area contributed by atoms with Gasteiger partial charge in [-0.05, 0) is 36.4 Å². The predicted octanol–water partition coefficient (Wildman–Crippen LogP) is 1.81. The molecule has 0 unspecified atom stereocenters. The minimum absolute atomic E-state index is 0. The van der Waals surface area contributed by atoms with Crippen LogP contribution < -0.4 is 11.1 Å². The van der Waals surface area contributed by atoms with E-state index in [1.54, 1.807) is 0 Å². The number of halogens is 1. The van der Waals surface area contributed by atoms with Gasteiger partial charge in [0.1, 0.15) is 0 Å². The second-order valence-electron chi connectivity index (χ2n) is 3.03. The molecule has 0 fully saturated rings. The molecule has 15 heavy (non-hydrogen) atoms. The molecule has 0 saturated carbocycles. The van der Waals surface area contributed by atoms with Gasteiger partial charge in [-0.2, -0.15) is 0 Å². The number of carbonyl (C=O) groups excluding carboxylic acids is 1. The molecule has 0 aliphatic carbocycles. The Morgan fingerprint density at radius 1 is 1.60 bits per heavy atom. The van der Waals surface area contributed by atoms with E-state index in [-0.39, 0.29) is 18.3 Å². The van der Waals surface area contributed by atoms with Crippen molar-refractivity contribution in [1.29, 1.82) is 0 Å². The Labute approximate surface area is 100 Å². The molecule has 0 aliphatic rings. The van der Waals surface area contributed by atoms with Crippen LogP contribution in [0.2, 0.25) is 0 Å². The third kappa shape index (κ3) is 4.20. The van der Waals surface area contributed by atoms with Crippen LogP contribution in [0.15, 0.2) is 11.4 Å². The maximum Gasteiger partial charge on any atom is 0.261 e. The lowest BCUT2D eigenvalue weighted by Gasteiger charge is -2.03. The Morgan fingerprint density at radius 2 is 2.33 bits per heavy atom. The van der Waals surface area contributed by atoms with Crippen molar-refractivity contribution in [3.63, 3.8) is 0 Å². The largest absolute Gasteiger partial charge is 0.351 e. The summed E-state index contributed by atoms with van der Waals surface area (Å²) in [5.41, 5.74) is 6.47. The van der Waals surface area contributed by atoms with Crippen LogP contribution in [0.5, 0.6) is 0 Å². The summed E-state index contributed by atoms with van der Waals surface area (Å²) in [6.45, 7) is 3.33. The summed E-state index contributed by atoms with van der Waals surface area (Å²) in [5.74, 6) is 0.0327. The van der Waals surface area contributed by atoms with Gasteiger partial charge in [-0.15, -0.1) is 23.7 Å². The summed E-state index contributed by atoms with van der Waals surface area (Å²) in [6.07, 6.45) is 1.74. The molecule has 0 aromatic carbocycles. The molecule has 1 amide bonds. The quantitative estimate of drug-likeness (QED) is 0.781. The minimum Gasteiger partial charge on any atom is -0.351 e. The highest BCUT2D eigenvalue weighted by Gasteiger charge is 2.10. The van der Waals surface area contributed by atoms with Crippen LogP contribution in [-0.4, -0.2) is 19.0 Å². The number of carbonyl (C=O) groups is 1. The van der Waals surface area contributed by atoms with Gasteiger partial charge in [-0.25, -0.2) is 0 Å². The van der Waals surface area contributed by atoms with E-state index in [2.05, 4.69) is 12.2 Å². The monoisotopic (exact) mass is 248 g/mol. The lowest BCUT2D eigenvalue weighted by Crippen LogP contribution is -2.25. The van der Waals surface area contributed by atoms with Gasteiger partial charge in [-0.3, -0.25) is 4.79 Å². The smallest absolute Gasteiger partial charge is 0.261 e. The molecule has 5 heteroatoms. The van der Waals surface area contributed by atoms with E-state index in [1.165, 1.54) is 11.3 Å². The third-order valence-electron chi connectivity index (χ3n) is 2.00. The highest BCUT2D eigenvalue weighted by molar-refractivity contribution is 7.12. The van der Waals surface area contributed by atoms with Gasteiger partial charge >= 0.3 is 0 Å². The van der Waals surface area contributed by atoms with Crippen LogP contribution in [0, 0.1) is 0 Å². The van der Waals surface area contributed by atoms with E-state index in [0.29, 0.717) is 13.1 Å². The molecule has 1 aromatic heterocycles. The molecule has 0 atom stereocenters. The average molecular weight is 249 g/mol. The topological polar surface area (TPSA) is 55.1 Å². The number of hydrogen-bond acceptors (Lipinski definition) is 3. The number of rotatable bonds is 5. The summed E-state index contributed by atoms with van der Waals surface area (Å²) in [6, 6.07) is 2.00. The molecule has 1 heterocycles.